The molecule has 1 aliphatic rings. The largest absolute Gasteiger partial charge is 0.368 e. The number of imidazole rings is 1. The Kier molecular flexibility index (Phi) is 2.35. The van der Waals surface area contributed by atoms with Gasteiger partial charge < -0.3 is 15.6 Å². The number of hydrogen-bond donors (Lipinski definition) is 2. The van der Waals surface area contributed by atoms with Crippen LogP contribution in [0.4, 0.5) is 11.8 Å². The lowest BCUT2D eigenvalue weighted by atomic mass is 10.2. The summed E-state index contributed by atoms with van der Waals surface area (Å²) in [5.74, 6) is 1.14. The highest BCUT2D eigenvalue weighted by Gasteiger charge is 2.23. The van der Waals surface area contributed by atoms with E-state index in [9.17, 15) is 0 Å². The molecule has 2 heterocycles. The zero-order chi connectivity index (χ0) is 11.8. The van der Waals surface area contributed by atoms with Gasteiger partial charge in [-0.1, -0.05) is 12.8 Å². The van der Waals surface area contributed by atoms with Crippen molar-refractivity contribution in [2.45, 2.75) is 31.7 Å². The van der Waals surface area contributed by atoms with Crippen LogP contribution in [0.25, 0.3) is 11.2 Å². The molecule has 0 atom stereocenters. The lowest BCUT2D eigenvalue weighted by molar-refractivity contribution is 0.648. The average molecular weight is 232 g/mol. The topological polar surface area (TPSA) is 83.7 Å². The Morgan fingerprint density at radius 2 is 2.12 bits per heavy atom. The Hall–Kier alpha value is -1.85. The second-order valence-electron chi connectivity index (χ2n) is 4.56. The Labute approximate surface area is 99.3 Å². The zero-order valence-electron chi connectivity index (χ0n) is 9.85. The van der Waals surface area contributed by atoms with E-state index in [4.69, 9.17) is 5.73 Å². The van der Waals surface area contributed by atoms with Crippen LogP contribution >= 0.6 is 0 Å². The van der Waals surface area contributed by atoms with Crippen LogP contribution in [0.1, 0.15) is 25.7 Å². The standard InChI is InChI=1S/C11H16N6/c1-17(7-4-2-3-5-7)10-8-9(14-6-13-8)15-11(12)16-10/h6-7H,2-5H2,1H3,(H3,12,13,14,15,16). The minimum atomic E-state index is 0.282. The third kappa shape index (κ3) is 1.69. The number of rotatable bonds is 2. The van der Waals surface area contributed by atoms with Crippen LogP contribution in [0.3, 0.4) is 0 Å². The summed E-state index contributed by atoms with van der Waals surface area (Å²) < 4.78 is 0. The van der Waals surface area contributed by atoms with E-state index in [0.29, 0.717) is 11.7 Å². The summed E-state index contributed by atoms with van der Waals surface area (Å²) in [6.45, 7) is 0. The lowest BCUT2D eigenvalue weighted by Gasteiger charge is -2.25. The maximum atomic E-state index is 5.72. The van der Waals surface area contributed by atoms with Crippen LogP contribution in [0.5, 0.6) is 0 Å². The number of aromatic amines is 1. The highest BCUT2D eigenvalue weighted by Crippen LogP contribution is 2.29. The van der Waals surface area contributed by atoms with Crippen LogP contribution in [-0.2, 0) is 0 Å². The van der Waals surface area contributed by atoms with E-state index in [2.05, 4.69) is 31.9 Å². The Balaban J connectivity index is 2.05. The predicted octanol–water partition coefficient (Wildman–Crippen LogP) is 1.31. The number of nitrogens with zero attached hydrogens (tertiary/aromatic N) is 4. The van der Waals surface area contributed by atoms with Gasteiger partial charge in [-0.3, -0.25) is 0 Å². The summed E-state index contributed by atoms with van der Waals surface area (Å²) in [4.78, 5) is 17.9. The fraction of sp³-hybridized carbons (Fsp3) is 0.545. The van der Waals surface area contributed by atoms with Crippen molar-refractivity contribution >= 4 is 22.9 Å². The van der Waals surface area contributed by atoms with Gasteiger partial charge in [0, 0.05) is 13.1 Å². The summed E-state index contributed by atoms with van der Waals surface area (Å²) in [5, 5.41) is 0. The van der Waals surface area contributed by atoms with Crippen LogP contribution in [0.15, 0.2) is 6.33 Å². The van der Waals surface area contributed by atoms with Gasteiger partial charge in [0.05, 0.1) is 6.33 Å². The van der Waals surface area contributed by atoms with E-state index in [1.807, 2.05) is 0 Å². The molecule has 3 rings (SSSR count). The van der Waals surface area contributed by atoms with E-state index in [1.165, 1.54) is 25.7 Å². The molecule has 0 aromatic carbocycles. The Bertz CT molecular complexity index is 528. The molecule has 6 heteroatoms. The molecule has 1 saturated carbocycles. The van der Waals surface area contributed by atoms with Crippen LogP contribution in [-0.4, -0.2) is 33.0 Å². The van der Waals surface area contributed by atoms with E-state index in [1.54, 1.807) is 6.33 Å². The first kappa shape index (κ1) is 10.3. The van der Waals surface area contributed by atoms with Crippen molar-refractivity contribution in [2.75, 3.05) is 17.7 Å². The molecule has 3 N–H and O–H groups in total. The molecule has 1 aliphatic carbocycles. The zero-order valence-corrected chi connectivity index (χ0v) is 9.85. The van der Waals surface area contributed by atoms with E-state index in [0.717, 1.165) is 11.3 Å². The van der Waals surface area contributed by atoms with Gasteiger partial charge in [-0.15, -0.1) is 0 Å². The SMILES string of the molecule is CN(c1nc(N)nc2nc[nH]c12)C1CCCC1. The maximum Gasteiger partial charge on any atom is 0.224 e. The molecule has 0 aliphatic heterocycles. The van der Waals surface area contributed by atoms with Gasteiger partial charge in [-0.05, 0) is 12.8 Å². The summed E-state index contributed by atoms with van der Waals surface area (Å²) in [5.41, 5.74) is 7.22. The Morgan fingerprint density at radius 3 is 2.88 bits per heavy atom. The predicted molar refractivity (Wildman–Crippen MR) is 66.8 cm³/mol. The molecule has 2 aromatic heterocycles. The molecule has 0 unspecified atom stereocenters. The number of H-pyrrole nitrogens is 1. The van der Waals surface area contributed by atoms with Crippen LogP contribution in [0, 0.1) is 0 Å². The van der Waals surface area contributed by atoms with Gasteiger partial charge >= 0.3 is 0 Å². The van der Waals surface area contributed by atoms with Crippen molar-refractivity contribution in [3.8, 4) is 0 Å². The van der Waals surface area contributed by atoms with E-state index >= 15 is 0 Å². The third-order valence-electron chi connectivity index (χ3n) is 3.49. The van der Waals surface area contributed by atoms with Crippen LogP contribution < -0.4 is 10.6 Å². The van der Waals surface area contributed by atoms with Gasteiger partial charge in [0.15, 0.2) is 11.5 Å². The van der Waals surface area contributed by atoms with Gasteiger partial charge in [-0.25, -0.2) is 4.98 Å². The van der Waals surface area contributed by atoms with Gasteiger partial charge in [-0.2, -0.15) is 9.97 Å². The Morgan fingerprint density at radius 1 is 1.35 bits per heavy atom. The first-order chi connectivity index (χ1) is 8.25. The highest BCUT2D eigenvalue weighted by atomic mass is 15.2. The van der Waals surface area contributed by atoms with Crippen molar-refractivity contribution in [3.05, 3.63) is 6.33 Å². The third-order valence-corrected chi connectivity index (χ3v) is 3.49. The minimum absolute atomic E-state index is 0.282. The van der Waals surface area contributed by atoms with Gasteiger partial charge in [0.25, 0.3) is 0 Å². The number of nitrogen functional groups attached to an aromatic ring is 1. The van der Waals surface area contributed by atoms with Gasteiger partial charge in [0.1, 0.15) is 5.52 Å². The highest BCUT2D eigenvalue weighted by molar-refractivity contribution is 5.84. The maximum absolute atomic E-state index is 5.72. The number of anilines is 2. The van der Waals surface area contributed by atoms with Crippen molar-refractivity contribution < 1.29 is 0 Å². The minimum Gasteiger partial charge on any atom is -0.368 e. The molecule has 1 fully saturated rings. The smallest absolute Gasteiger partial charge is 0.224 e. The number of nitrogens with one attached hydrogen (secondary N) is 1. The number of hydrogen-bond acceptors (Lipinski definition) is 5. The summed E-state index contributed by atoms with van der Waals surface area (Å²) >= 11 is 0. The molecule has 17 heavy (non-hydrogen) atoms. The number of aromatic nitrogens is 4. The van der Waals surface area contributed by atoms with Crippen LogP contribution in [0.2, 0.25) is 0 Å². The summed E-state index contributed by atoms with van der Waals surface area (Å²) in [6, 6.07) is 0.552. The first-order valence-corrected chi connectivity index (χ1v) is 5.95. The summed E-state index contributed by atoms with van der Waals surface area (Å²) in [7, 11) is 2.07. The lowest BCUT2D eigenvalue weighted by Crippen LogP contribution is -2.30. The average Bonchev–Trinajstić information content (AvgIpc) is 2.97. The molecule has 0 saturated heterocycles. The second kappa shape index (κ2) is 3.87. The molecule has 0 amide bonds. The van der Waals surface area contributed by atoms with Crippen molar-refractivity contribution in [1.29, 1.82) is 0 Å². The van der Waals surface area contributed by atoms with Gasteiger partial charge in [0.2, 0.25) is 5.95 Å². The quantitative estimate of drug-likeness (QED) is 0.815. The molecule has 0 radical (unpaired) electrons. The van der Waals surface area contributed by atoms with Crippen molar-refractivity contribution in [3.63, 3.8) is 0 Å². The molecular formula is C11H16N6. The van der Waals surface area contributed by atoms with E-state index < -0.39 is 0 Å². The number of nitrogens with two attached hydrogens (primary N) is 1. The second-order valence-corrected chi connectivity index (χ2v) is 4.56. The fourth-order valence-electron chi connectivity index (χ4n) is 2.55. The fourth-order valence-corrected chi connectivity index (χ4v) is 2.55. The van der Waals surface area contributed by atoms with Crippen molar-refractivity contribution in [2.24, 2.45) is 0 Å². The first-order valence-electron chi connectivity index (χ1n) is 5.95. The molecule has 0 bridgehead atoms. The monoisotopic (exact) mass is 232 g/mol. The van der Waals surface area contributed by atoms with Crippen molar-refractivity contribution in [1.82, 2.24) is 19.9 Å². The molecule has 2 aromatic rings. The van der Waals surface area contributed by atoms with E-state index in [-0.39, 0.29) is 5.95 Å². The normalized spacial score (nSPS) is 16.8. The molecular weight excluding hydrogens is 216 g/mol. The summed E-state index contributed by atoms with van der Waals surface area (Å²) in [6.07, 6.45) is 6.65. The molecule has 90 valence electrons. The molecule has 0 spiro atoms. The number of fused-ring (bicyclic) bond motifs is 1. The molecule has 6 nitrogen and oxygen atoms in total.